The largest absolute Gasteiger partial charge is 0.378 e. The summed E-state index contributed by atoms with van der Waals surface area (Å²) in [6.07, 6.45) is 1.03. The SMILES string of the molecule is CCc1ccc([C@H](N[C@H](C)C(=O)Nc2ccc(N3CCOCC3)cc2)C(C)C)cc1. The highest BCUT2D eigenvalue weighted by molar-refractivity contribution is 5.94. The molecule has 0 aliphatic carbocycles. The van der Waals surface area contributed by atoms with Gasteiger partial charge in [0.25, 0.3) is 0 Å². The van der Waals surface area contributed by atoms with Gasteiger partial charge in [0.05, 0.1) is 19.3 Å². The fraction of sp³-hybridized carbons (Fsp3) is 0.480. The molecule has 2 aromatic rings. The van der Waals surface area contributed by atoms with E-state index in [2.05, 4.69) is 72.7 Å². The van der Waals surface area contributed by atoms with Gasteiger partial charge in [-0.3, -0.25) is 10.1 Å². The summed E-state index contributed by atoms with van der Waals surface area (Å²) in [5, 5.41) is 6.56. The van der Waals surface area contributed by atoms with Gasteiger partial charge in [-0.15, -0.1) is 0 Å². The molecule has 3 rings (SSSR count). The highest BCUT2D eigenvalue weighted by atomic mass is 16.5. The zero-order valence-electron chi connectivity index (χ0n) is 18.7. The quantitative estimate of drug-likeness (QED) is 0.679. The molecule has 0 radical (unpaired) electrons. The van der Waals surface area contributed by atoms with Gasteiger partial charge in [-0.05, 0) is 54.7 Å². The van der Waals surface area contributed by atoms with E-state index >= 15 is 0 Å². The van der Waals surface area contributed by atoms with E-state index in [1.54, 1.807) is 0 Å². The van der Waals surface area contributed by atoms with Crippen molar-refractivity contribution >= 4 is 17.3 Å². The summed E-state index contributed by atoms with van der Waals surface area (Å²) in [5.41, 5.74) is 4.53. The molecule has 30 heavy (non-hydrogen) atoms. The van der Waals surface area contributed by atoms with Crippen LogP contribution in [0.5, 0.6) is 0 Å². The summed E-state index contributed by atoms with van der Waals surface area (Å²) in [6.45, 7) is 11.8. The number of ether oxygens (including phenoxy) is 1. The molecule has 5 nitrogen and oxygen atoms in total. The minimum atomic E-state index is -0.304. The lowest BCUT2D eigenvalue weighted by Crippen LogP contribution is -2.41. The van der Waals surface area contributed by atoms with E-state index < -0.39 is 0 Å². The van der Waals surface area contributed by atoms with Gasteiger partial charge in [0.1, 0.15) is 0 Å². The van der Waals surface area contributed by atoms with Gasteiger partial charge < -0.3 is 15.0 Å². The Morgan fingerprint density at radius 2 is 1.63 bits per heavy atom. The molecular formula is C25H35N3O2. The Bertz CT molecular complexity index is 796. The number of benzene rings is 2. The standard InChI is InChI=1S/C25H35N3O2/c1-5-20-6-8-21(9-7-20)24(18(2)3)26-19(4)25(29)27-22-10-12-23(13-11-22)28-14-16-30-17-15-28/h6-13,18-19,24,26H,5,14-17H2,1-4H3,(H,27,29)/t19-,24-/m1/s1. The third kappa shape index (κ3) is 5.83. The average Bonchev–Trinajstić information content (AvgIpc) is 2.78. The molecule has 1 saturated heterocycles. The molecule has 2 N–H and O–H groups in total. The summed E-state index contributed by atoms with van der Waals surface area (Å²) in [4.78, 5) is 15.1. The predicted molar refractivity (Wildman–Crippen MR) is 124 cm³/mol. The van der Waals surface area contributed by atoms with Crippen molar-refractivity contribution in [1.82, 2.24) is 5.32 Å². The third-order valence-corrected chi connectivity index (χ3v) is 5.75. The molecule has 0 spiro atoms. The molecule has 5 heteroatoms. The van der Waals surface area contributed by atoms with Crippen molar-refractivity contribution in [3.63, 3.8) is 0 Å². The smallest absolute Gasteiger partial charge is 0.241 e. The van der Waals surface area contributed by atoms with Gasteiger partial charge in [-0.1, -0.05) is 45.0 Å². The summed E-state index contributed by atoms with van der Waals surface area (Å²) >= 11 is 0. The van der Waals surface area contributed by atoms with E-state index in [1.807, 2.05) is 19.1 Å². The van der Waals surface area contributed by atoms with Crippen LogP contribution in [-0.2, 0) is 16.0 Å². The summed E-state index contributed by atoms with van der Waals surface area (Å²) < 4.78 is 5.41. The van der Waals surface area contributed by atoms with Gasteiger partial charge in [-0.25, -0.2) is 0 Å². The number of nitrogens with zero attached hydrogens (tertiary/aromatic N) is 1. The average molecular weight is 410 g/mol. The van der Waals surface area contributed by atoms with Gasteiger partial charge in [0.15, 0.2) is 0 Å². The van der Waals surface area contributed by atoms with E-state index in [-0.39, 0.29) is 18.0 Å². The van der Waals surface area contributed by atoms with Crippen LogP contribution in [0.2, 0.25) is 0 Å². The van der Waals surface area contributed by atoms with E-state index in [0.717, 1.165) is 44.1 Å². The number of aryl methyl sites for hydroxylation is 1. The van der Waals surface area contributed by atoms with Crippen LogP contribution in [0, 0.1) is 5.92 Å². The number of morpholine rings is 1. The maximum Gasteiger partial charge on any atom is 0.241 e. The molecule has 0 saturated carbocycles. The minimum Gasteiger partial charge on any atom is -0.378 e. The second kappa shape index (κ2) is 10.6. The van der Waals surface area contributed by atoms with Crippen LogP contribution in [-0.4, -0.2) is 38.3 Å². The number of hydrogen-bond donors (Lipinski definition) is 2. The van der Waals surface area contributed by atoms with Gasteiger partial charge >= 0.3 is 0 Å². The Kier molecular flexibility index (Phi) is 7.88. The van der Waals surface area contributed by atoms with Crippen molar-refractivity contribution in [2.45, 2.75) is 46.2 Å². The summed E-state index contributed by atoms with van der Waals surface area (Å²) in [5.74, 6) is 0.352. The van der Waals surface area contributed by atoms with Crippen LogP contribution in [0.15, 0.2) is 48.5 Å². The highest BCUT2D eigenvalue weighted by Gasteiger charge is 2.22. The first-order chi connectivity index (χ1) is 14.5. The van der Waals surface area contributed by atoms with Gasteiger partial charge in [0.2, 0.25) is 5.91 Å². The number of amides is 1. The van der Waals surface area contributed by atoms with E-state index in [9.17, 15) is 4.79 Å². The molecule has 1 aliphatic rings. The Morgan fingerprint density at radius 1 is 1.00 bits per heavy atom. The molecule has 1 amide bonds. The zero-order valence-corrected chi connectivity index (χ0v) is 18.7. The normalized spacial score (nSPS) is 16.4. The highest BCUT2D eigenvalue weighted by Crippen LogP contribution is 2.24. The van der Waals surface area contributed by atoms with Crippen LogP contribution >= 0.6 is 0 Å². The lowest BCUT2D eigenvalue weighted by atomic mass is 9.94. The molecule has 1 aliphatic heterocycles. The second-order valence-electron chi connectivity index (χ2n) is 8.34. The molecule has 162 valence electrons. The Hall–Kier alpha value is -2.37. The third-order valence-electron chi connectivity index (χ3n) is 5.75. The fourth-order valence-corrected chi connectivity index (χ4v) is 3.81. The molecule has 1 heterocycles. The van der Waals surface area contributed by atoms with E-state index in [0.29, 0.717) is 5.92 Å². The van der Waals surface area contributed by atoms with Crippen molar-refractivity contribution < 1.29 is 9.53 Å². The summed E-state index contributed by atoms with van der Waals surface area (Å²) in [7, 11) is 0. The molecule has 1 fully saturated rings. The van der Waals surface area contributed by atoms with E-state index in [1.165, 1.54) is 11.1 Å². The molecule has 0 bridgehead atoms. The predicted octanol–water partition coefficient (Wildman–Crippen LogP) is 4.40. The van der Waals surface area contributed by atoms with Gasteiger partial charge in [-0.2, -0.15) is 0 Å². The summed E-state index contributed by atoms with van der Waals surface area (Å²) in [6, 6.07) is 16.6. The number of rotatable bonds is 8. The van der Waals surface area contributed by atoms with Crippen LogP contribution < -0.4 is 15.5 Å². The molecule has 2 aromatic carbocycles. The maximum absolute atomic E-state index is 12.8. The monoisotopic (exact) mass is 409 g/mol. The molecular weight excluding hydrogens is 374 g/mol. The van der Waals surface area contributed by atoms with E-state index in [4.69, 9.17) is 4.74 Å². The van der Waals surface area contributed by atoms with Crippen molar-refractivity contribution in [2.75, 3.05) is 36.5 Å². The van der Waals surface area contributed by atoms with Crippen LogP contribution in [0.3, 0.4) is 0 Å². The van der Waals surface area contributed by atoms with Crippen LogP contribution in [0.25, 0.3) is 0 Å². The maximum atomic E-state index is 12.8. The van der Waals surface area contributed by atoms with Crippen molar-refractivity contribution in [2.24, 2.45) is 5.92 Å². The first-order valence-corrected chi connectivity index (χ1v) is 11.1. The van der Waals surface area contributed by atoms with Crippen molar-refractivity contribution in [1.29, 1.82) is 0 Å². The molecule has 0 aromatic heterocycles. The number of nitrogens with one attached hydrogen (secondary N) is 2. The second-order valence-corrected chi connectivity index (χ2v) is 8.34. The van der Waals surface area contributed by atoms with Crippen molar-refractivity contribution in [3.8, 4) is 0 Å². The number of hydrogen-bond acceptors (Lipinski definition) is 4. The first kappa shape index (κ1) is 22.3. The van der Waals surface area contributed by atoms with Gasteiger partial charge in [0, 0.05) is 30.5 Å². The topological polar surface area (TPSA) is 53.6 Å². The number of carbonyl (C=O) groups excluding carboxylic acids is 1. The molecule has 2 atom stereocenters. The lowest BCUT2D eigenvalue weighted by molar-refractivity contribution is -0.118. The fourth-order valence-electron chi connectivity index (χ4n) is 3.81. The first-order valence-electron chi connectivity index (χ1n) is 11.1. The van der Waals surface area contributed by atoms with Crippen molar-refractivity contribution in [3.05, 3.63) is 59.7 Å². The Morgan fingerprint density at radius 3 is 2.20 bits per heavy atom. The Labute approximate surface area is 180 Å². The molecule has 0 unspecified atom stereocenters. The number of carbonyl (C=O) groups is 1. The minimum absolute atomic E-state index is 0.0232. The zero-order chi connectivity index (χ0) is 21.5. The Balaban J connectivity index is 1.59. The van der Waals surface area contributed by atoms with Crippen LogP contribution in [0.4, 0.5) is 11.4 Å². The number of anilines is 2. The van der Waals surface area contributed by atoms with Crippen LogP contribution in [0.1, 0.15) is 44.9 Å². The lowest BCUT2D eigenvalue weighted by Gasteiger charge is -2.29.